The number of esters is 1. The SMILES string of the molecule is CNCC(C=N)c1cc2c(cc1C(F)F)N(C(N)C1=C(NC3CCN(CC(=O)OC(C)(C)C)CC3)CCN(C(C)=O)C1)CCC2. The first-order valence-electron chi connectivity index (χ1n) is 16.1. The van der Waals surface area contributed by atoms with E-state index in [2.05, 4.69) is 15.5 Å². The van der Waals surface area contributed by atoms with Crippen LogP contribution < -0.4 is 21.3 Å². The molecule has 3 aliphatic heterocycles. The van der Waals surface area contributed by atoms with E-state index in [0.717, 1.165) is 55.6 Å². The minimum absolute atomic E-state index is 0.0277. The number of carbonyl (C=O) groups is 2. The van der Waals surface area contributed by atoms with Gasteiger partial charge in [0.1, 0.15) is 11.8 Å². The number of benzene rings is 1. The quantitative estimate of drug-likeness (QED) is 0.216. The summed E-state index contributed by atoms with van der Waals surface area (Å²) in [7, 11) is 1.75. The molecule has 0 bridgehead atoms. The van der Waals surface area contributed by atoms with Crippen LogP contribution in [0.25, 0.3) is 0 Å². The van der Waals surface area contributed by atoms with Crippen LogP contribution in [-0.4, -0.2) is 98.6 Å². The first kappa shape index (κ1) is 34.8. The highest BCUT2D eigenvalue weighted by molar-refractivity contribution is 5.74. The maximum Gasteiger partial charge on any atom is 0.320 e. The van der Waals surface area contributed by atoms with Crippen LogP contribution in [0.15, 0.2) is 23.4 Å². The van der Waals surface area contributed by atoms with Crippen molar-refractivity contribution in [3.05, 3.63) is 40.1 Å². The van der Waals surface area contributed by atoms with Gasteiger partial charge in [-0.15, -0.1) is 0 Å². The van der Waals surface area contributed by atoms with Crippen LogP contribution >= 0.6 is 0 Å². The Morgan fingerprint density at radius 2 is 1.84 bits per heavy atom. The number of nitrogens with two attached hydrogens (primary N) is 1. The van der Waals surface area contributed by atoms with Crippen molar-refractivity contribution in [1.29, 1.82) is 5.41 Å². The Morgan fingerprint density at radius 3 is 2.44 bits per heavy atom. The van der Waals surface area contributed by atoms with Gasteiger partial charge in [0.05, 0.1) is 6.54 Å². The lowest BCUT2D eigenvalue weighted by Crippen LogP contribution is -2.53. The number of likely N-dealkylation sites (N-methyl/N-ethyl adjacent to an activating group) is 1. The first-order chi connectivity index (χ1) is 21.3. The van der Waals surface area contributed by atoms with Crippen molar-refractivity contribution in [2.75, 3.05) is 57.8 Å². The van der Waals surface area contributed by atoms with Gasteiger partial charge in [-0.2, -0.15) is 0 Å². The molecule has 0 aromatic heterocycles. The van der Waals surface area contributed by atoms with Crippen LogP contribution in [0.3, 0.4) is 0 Å². The van der Waals surface area contributed by atoms with Gasteiger partial charge in [0.15, 0.2) is 0 Å². The molecule has 0 saturated carbocycles. The van der Waals surface area contributed by atoms with Gasteiger partial charge in [-0.25, -0.2) is 8.78 Å². The van der Waals surface area contributed by atoms with E-state index in [1.807, 2.05) is 31.7 Å². The van der Waals surface area contributed by atoms with Crippen LogP contribution in [0.1, 0.15) is 82.4 Å². The van der Waals surface area contributed by atoms with Crippen LogP contribution in [0.4, 0.5) is 14.5 Å². The minimum atomic E-state index is -2.69. The number of nitrogens with zero attached hydrogens (tertiary/aromatic N) is 3. The fraction of sp³-hybridized carbons (Fsp3) is 0.667. The van der Waals surface area contributed by atoms with Crippen LogP contribution in [-0.2, 0) is 20.7 Å². The molecule has 1 amide bonds. The third-order valence-electron chi connectivity index (χ3n) is 8.96. The summed E-state index contributed by atoms with van der Waals surface area (Å²) in [5, 5.41) is 14.6. The van der Waals surface area contributed by atoms with Crippen molar-refractivity contribution < 1.29 is 23.1 Å². The monoisotopic (exact) mass is 631 g/mol. The molecule has 4 rings (SSSR count). The highest BCUT2D eigenvalue weighted by Crippen LogP contribution is 2.38. The Balaban J connectivity index is 1.57. The van der Waals surface area contributed by atoms with Crippen molar-refractivity contribution in [1.82, 2.24) is 20.4 Å². The molecule has 1 fully saturated rings. The molecule has 0 spiro atoms. The molecular weight excluding hydrogens is 580 g/mol. The number of halogens is 2. The summed E-state index contributed by atoms with van der Waals surface area (Å²) in [4.78, 5) is 30.7. The van der Waals surface area contributed by atoms with E-state index in [9.17, 15) is 18.4 Å². The highest BCUT2D eigenvalue weighted by Gasteiger charge is 2.33. The standard InChI is InChI=1S/C33H51F2N7O3/c1-21(43)41-14-10-28(39-24-8-12-40(13-9-24)20-30(44)45-33(2,3)4)27(19-41)32(37)42-11-6-7-22-15-25(23(17-36)18-38-5)26(31(34)35)16-29(22)42/h15-17,23-24,31-32,36,38-39H,6-14,18-20,37H2,1-5H3. The fourth-order valence-electron chi connectivity index (χ4n) is 6.69. The summed E-state index contributed by atoms with van der Waals surface area (Å²) >= 11 is 0. The molecule has 1 aromatic carbocycles. The number of piperidine rings is 1. The number of nitrogens with one attached hydrogen (secondary N) is 3. The normalized spacial score (nSPS) is 19.8. The highest BCUT2D eigenvalue weighted by atomic mass is 19.3. The Kier molecular flexibility index (Phi) is 11.6. The molecule has 3 heterocycles. The molecule has 250 valence electrons. The zero-order valence-corrected chi connectivity index (χ0v) is 27.4. The number of rotatable bonds is 11. The van der Waals surface area contributed by atoms with Gasteiger partial charge in [0, 0.05) is 93.3 Å². The lowest BCUT2D eigenvalue weighted by molar-refractivity contribution is -0.156. The molecule has 2 atom stereocenters. The number of fused-ring (bicyclic) bond motifs is 1. The van der Waals surface area contributed by atoms with Crippen LogP contribution in [0.5, 0.6) is 0 Å². The number of amides is 1. The van der Waals surface area contributed by atoms with E-state index in [1.165, 1.54) is 6.21 Å². The smallest absolute Gasteiger partial charge is 0.320 e. The van der Waals surface area contributed by atoms with Crippen LogP contribution in [0, 0.1) is 5.41 Å². The molecule has 0 radical (unpaired) electrons. The number of aryl methyl sites for hydroxylation is 1. The fourth-order valence-corrected chi connectivity index (χ4v) is 6.69. The lowest BCUT2D eigenvalue weighted by atomic mass is 9.88. The second kappa shape index (κ2) is 15.0. The summed E-state index contributed by atoms with van der Waals surface area (Å²) in [5.41, 5.74) is 10.5. The number of hydrogen-bond donors (Lipinski definition) is 4. The van der Waals surface area contributed by atoms with Gasteiger partial charge in [0.25, 0.3) is 6.43 Å². The lowest BCUT2D eigenvalue weighted by Gasteiger charge is -2.42. The summed E-state index contributed by atoms with van der Waals surface area (Å²) in [6, 6.07) is 3.59. The average Bonchev–Trinajstić information content (AvgIpc) is 2.98. The van der Waals surface area contributed by atoms with Crippen molar-refractivity contribution >= 4 is 23.8 Å². The molecular formula is C33H51F2N7O3. The van der Waals surface area contributed by atoms with Crippen molar-refractivity contribution in [2.45, 2.75) is 90.0 Å². The van der Waals surface area contributed by atoms with E-state index < -0.39 is 24.1 Å². The van der Waals surface area contributed by atoms with Gasteiger partial charge in [-0.05, 0) is 70.7 Å². The number of anilines is 1. The van der Waals surface area contributed by atoms with Crippen molar-refractivity contribution in [3.63, 3.8) is 0 Å². The Morgan fingerprint density at radius 1 is 1.13 bits per heavy atom. The van der Waals surface area contributed by atoms with Gasteiger partial charge >= 0.3 is 5.97 Å². The maximum absolute atomic E-state index is 14.4. The molecule has 2 unspecified atom stereocenters. The van der Waals surface area contributed by atoms with E-state index in [4.69, 9.17) is 15.9 Å². The summed E-state index contributed by atoms with van der Waals surface area (Å²) in [5.74, 6) is -0.703. The second-order valence-corrected chi connectivity index (χ2v) is 13.5. The predicted octanol–water partition coefficient (Wildman–Crippen LogP) is 3.52. The summed E-state index contributed by atoms with van der Waals surface area (Å²) < 4.78 is 34.3. The average molecular weight is 632 g/mol. The number of ether oxygens (including phenoxy) is 1. The Bertz CT molecular complexity index is 1260. The zero-order valence-electron chi connectivity index (χ0n) is 27.4. The van der Waals surface area contributed by atoms with Gasteiger partial charge in [-0.1, -0.05) is 6.07 Å². The van der Waals surface area contributed by atoms with Crippen LogP contribution in [0.2, 0.25) is 0 Å². The van der Waals surface area contributed by atoms with Gasteiger partial charge < -0.3 is 36.3 Å². The van der Waals surface area contributed by atoms with E-state index in [1.54, 1.807) is 24.9 Å². The summed E-state index contributed by atoms with van der Waals surface area (Å²) in [6.07, 6.45) is 1.81. The number of alkyl halides is 2. The third-order valence-corrected chi connectivity index (χ3v) is 8.96. The largest absolute Gasteiger partial charge is 0.459 e. The topological polar surface area (TPSA) is 127 Å². The third kappa shape index (κ3) is 8.80. The Labute approximate surface area is 266 Å². The molecule has 3 aliphatic rings. The van der Waals surface area contributed by atoms with E-state index >= 15 is 0 Å². The molecule has 45 heavy (non-hydrogen) atoms. The molecule has 12 heteroatoms. The number of hydrogen-bond acceptors (Lipinski definition) is 9. The molecule has 10 nitrogen and oxygen atoms in total. The predicted molar refractivity (Wildman–Crippen MR) is 173 cm³/mol. The van der Waals surface area contributed by atoms with E-state index in [-0.39, 0.29) is 30.0 Å². The van der Waals surface area contributed by atoms with Crippen molar-refractivity contribution in [3.8, 4) is 0 Å². The molecule has 1 aromatic rings. The molecule has 1 saturated heterocycles. The number of carbonyl (C=O) groups excluding carboxylic acids is 2. The maximum atomic E-state index is 14.4. The first-order valence-corrected chi connectivity index (χ1v) is 16.1. The second-order valence-electron chi connectivity index (χ2n) is 13.5. The van der Waals surface area contributed by atoms with E-state index in [0.29, 0.717) is 43.9 Å². The molecule has 0 aliphatic carbocycles. The van der Waals surface area contributed by atoms with Gasteiger partial charge in [0.2, 0.25) is 5.91 Å². The summed E-state index contributed by atoms with van der Waals surface area (Å²) in [6.45, 7) is 10.9. The van der Waals surface area contributed by atoms with Crippen molar-refractivity contribution in [2.24, 2.45) is 5.73 Å². The van der Waals surface area contributed by atoms with Gasteiger partial charge in [-0.3, -0.25) is 14.5 Å². The minimum Gasteiger partial charge on any atom is -0.459 e. The Hall–Kier alpha value is -3.09. The molecule has 5 N–H and O–H groups in total. The number of likely N-dealkylation sites (tertiary alicyclic amines) is 1. The zero-order chi connectivity index (χ0) is 32.9.